The molecule has 1 saturated heterocycles. The third-order valence-corrected chi connectivity index (χ3v) is 5.23. The van der Waals surface area contributed by atoms with Crippen molar-refractivity contribution in [1.29, 1.82) is 0 Å². The van der Waals surface area contributed by atoms with Crippen molar-refractivity contribution in [2.24, 2.45) is 5.92 Å². The molecule has 0 radical (unpaired) electrons. The van der Waals surface area contributed by atoms with Gasteiger partial charge in [-0.2, -0.15) is 0 Å². The molecule has 0 spiro atoms. The number of nitrogens with one attached hydrogen (secondary N) is 1. The number of anilines is 1. The third kappa shape index (κ3) is 5.70. The zero-order valence-electron chi connectivity index (χ0n) is 16.8. The molecule has 1 aliphatic rings. The number of benzene rings is 1. The van der Waals surface area contributed by atoms with Crippen molar-refractivity contribution in [2.45, 2.75) is 26.3 Å². The van der Waals surface area contributed by atoms with Crippen LogP contribution in [0.15, 0.2) is 48.7 Å². The Labute approximate surface area is 176 Å². The largest absolute Gasteiger partial charge is 0.353 e. The summed E-state index contributed by atoms with van der Waals surface area (Å²) in [7, 11) is 0. The first-order chi connectivity index (χ1) is 13.9. The molecule has 2 amide bonds. The highest BCUT2D eigenvalue weighted by molar-refractivity contribution is 6.30. The van der Waals surface area contributed by atoms with Gasteiger partial charge >= 0.3 is 0 Å². The number of nitrogens with zero attached hydrogens (tertiary/aromatic N) is 3. The lowest BCUT2D eigenvalue weighted by Gasteiger charge is -2.37. The highest BCUT2D eigenvalue weighted by atomic mass is 35.5. The number of halogens is 1. The van der Waals surface area contributed by atoms with Gasteiger partial charge in [0, 0.05) is 43.0 Å². The molecule has 0 saturated carbocycles. The molecule has 7 heteroatoms. The number of aromatic nitrogens is 1. The normalized spacial score (nSPS) is 15.3. The average molecular weight is 415 g/mol. The minimum Gasteiger partial charge on any atom is -0.353 e. The minimum absolute atomic E-state index is 0.0262. The molecule has 0 aliphatic carbocycles. The van der Waals surface area contributed by atoms with Crippen molar-refractivity contribution >= 4 is 29.2 Å². The summed E-state index contributed by atoms with van der Waals surface area (Å²) in [6.07, 6.45) is 2.37. The number of carbonyl (C=O) groups excluding carboxylic acids is 2. The molecule has 29 heavy (non-hydrogen) atoms. The molecule has 1 N–H and O–H groups in total. The van der Waals surface area contributed by atoms with Gasteiger partial charge in [0.2, 0.25) is 5.91 Å². The van der Waals surface area contributed by atoms with Crippen molar-refractivity contribution < 1.29 is 9.59 Å². The lowest BCUT2D eigenvalue weighted by molar-refractivity contribution is -0.134. The fourth-order valence-corrected chi connectivity index (χ4v) is 3.58. The molecule has 154 valence electrons. The fraction of sp³-hybridized carbons (Fsp3) is 0.409. The van der Waals surface area contributed by atoms with Crippen LogP contribution in [0.4, 0.5) is 5.82 Å². The molecule has 0 bridgehead atoms. The van der Waals surface area contributed by atoms with Crippen molar-refractivity contribution in [3.8, 4) is 0 Å². The molecule has 1 aromatic carbocycles. The Balaban J connectivity index is 1.63. The zero-order valence-corrected chi connectivity index (χ0v) is 17.6. The molecule has 1 atom stereocenters. The summed E-state index contributed by atoms with van der Waals surface area (Å²) in [6, 6.07) is 12.0. The lowest BCUT2D eigenvalue weighted by atomic mass is 10.0. The van der Waals surface area contributed by atoms with Gasteiger partial charge in [0.25, 0.3) is 5.91 Å². The lowest BCUT2D eigenvalue weighted by Crippen LogP contribution is -2.55. The molecule has 6 nitrogen and oxygen atoms in total. The van der Waals surface area contributed by atoms with Crippen LogP contribution in [-0.2, 0) is 4.79 Å². The summed E-state index contributed by atoms with van der Waals surface area (Å²) in [5.41, 5.74) is 0.496. The monoisotopic (exact) mass is 414 g/mol. The molecular weight excluding hydrogens is 388 g/mol. The molecule has 3 rings (SSSR count). The van der Waals surface area contributed by atoms with E-state index in [0.29, 0.717) is 30.1 Å². The Kier molecular flexibility index (Phi) is 7.09. The van der Waals surface area contributed by atoms with Crippen LogP contribution in [0.5, 0.6) is 0 Å². The first kappa shape index (κ1) is 21.1. The Morgan fingerprint density at radius 2 is 1.76 bits per heavy atom. The van der Waals surface area contributed by atoms with Crippen molar-refractivity contribution in [3.05, 3.63) is 59.2 Å². The van der Waals surface area contributed by atoms with Crippen molar-refractivity contribution in [3.63, 3.8) is 0 Å². The highest BCUT2D eigenvalue weighted by Gasteiger charge is 2.29. The van der Waals surface area contributed by atoms with Gasteiger partial charge in [-0.3, -0.25) is 9.59 Å². The van der Waals surface area contributed by atoms with E-state index in [2.05, 4.69) is 15.2 Å². The molecule has 1 aliphatic heterocycles. The highest BCUT2D eigenvalue weighted by Crippen LogP contribution is 2.16. The number of hydrogen-bond donors (Lipinski definition) is 1. The van der Waals surface area contributed by atoms with E-state index >= 15 is 0 Å². The second-order valence-corrected chi connectivity index (χ2v) is 8.10. The van der Waals surface area contributed by atoms with E-state index in [-0.39, 0.29) is 17.7 Å². The van der Waals surface area contributed by atoms with Crippen LogP contribution in [0.1, 0.15) is 30.6 Å². The van der Waals surface area contributed by atoms with E-state index in [1.54, 1.807) is 30.5 Å². The number of hydrogen-bond acceptors (Lipinski definition) is 4. The molecule has 2 aromatic rings. The summed E-state index contributed by atoms with van der Waals surface area (Å²) >= 11 is 5.90. The number of pyridine rings is 1. The summed E-state index contributed by atoms with van der Waals surface area (Å²) < 4.78 is 0. The van der Waals surface area contributed by atoms with Crippen LogP contribution >= 0.6 is 11.6 Å². The quantitative estimate of drug-likeness (QED) is 0.788. The van der Waals surface area contributed by atoms with Gasteiger partial charge in [0.05, 0.1) is 0 Å². The van der Waals surface area contributed by atoms with Gasteiger partial charge in [-0.25, -0.2) is 4.98 Å². The van der Waals surface area contributed by atoms with Gasteiger partial charge < -0.3 is 15.1 Å². The minimum atomic E-state index is -0.542. The maximum atomic E-state index is 13.2. The first-order valence-corrected chi connectivity index (χ1v) is 10.3. The maximum absolute atomic E-state index is 13.2. The smallest absolute Gasteiger partial charge is 0.251 e. The number of rotatable bonds is 6. The van der Waals surface area contributed by atoms with E-state index in [1.807, 2.05) is 36.9 Å². The van der Waals surface area contributed by atoms with E-state index in [9.17, 15) is 9.59 Å². The predicted molar refractivity (Wildman–Crippen MR) is 115 cm³/mol. The zero-order chi connectivity index (χ0) is 20.8. The molecule has 1 fully saturated rings. The van der Waals surface area contributed by atoms with Crippen LogP contribution in [0.2, 0.25) is 5.02 Å². The van der Waals surface area contributed by atoms with Crippen LogP contribution < -0.4 is 10.2 Å². The number of carbonyl (C=O) groups is 2. The molecular formula is C22H27ClN4O2. The van der Waals surface area contributed by atoms with Gasteiger partial charge in [-0.05, 0) is 48.7 Å². The molecule has 2 heterocycles. The maximum Gasteiger partial charge on any atom is 0.251 e. The van der Waals surface area contributed by atoms with E-state index in [4.69, 9.17) is 11.6 Å². The summed E-state index contributed by atoms with van der Waals surface area (Å²) in [5, 5.41) is 3.50. The number of piperazine rings is 1. The van der Waals surface area contributed by atoms with E-state index in [1.165, 1.54) is 0 Å². The topological polar surface area (TPSA) is 65.5 Å². The van der Waals surface area contributed by atoms with Gasteiger partial charge in [-0.1, -0.05) is 31.5 Å². The summed E-state index contributed by atoms with van der Waals surface area (Å²) in [4.78, 5) is 34.2. The van der Waals surface area contributed by atoms with Crippen molar-refractivity contribution in [2.75, 3.05) is 31.1 Å². The fourth-order valence-electron chi connectivity index (χ4n) is 3.45. The summed E-state index contributed by atoms with van der Waals surface area (Å²) in [6.45, 7) is 6.77. The SMILES string of the molecule is CC(C)CC(NC(=O)c1ccc(Cl)cc1)C(=O)N1CCN(c2ccccn2)CC1. The Morgan fingerprint density at radius 3 is 2.34 bits per heavy atom. The third-order valence-electron chi connectivity index (χ3n) is 4.98. The van der Waals surface area contributed by atoms with E-state index in [0.717, 1.165) is 18.9 Å². The van der Waals surface area contributed by atoms with Crippen molar-refractivity contribution in [1.82, 2.24) is 15.2 Å². The predicted octanol–water partition coefficient (Wildman–Crippen LogP) is 3.23. The van der Waals surface area contributed by atoms with Crippen LogP contribution in [0, 0.1) is 5.92 Å². The molecule has 1 unspecified atom stereocenters. The summed E-state index contributed by atoms with van der Waals surface area (Å²) in [5.74, 6) is 0.924. The molecule has 1 aromatic heterocycles. The second-order valence-electron chi connectivity index (χ2n) is 7.66. The number of amides is 2. The van der Waals surface area contributed by atoms with E-state index < -0.39 is 6.04 Å². The van der Waals surface area contributed by atoms with Gasteiger partial charge in [0.1, 0.15) is 11.9 Å². The van der Waals surface area contributed by atoms with Gasteiger partial charge in [0.15, 0.2) is 0 Å². The average Bonchev–Trinajstić information content (AvgIpc) is 2.73. The Bertz CT molecular complexity index is 818. The van der Waals surface area contributed by atoms with Crippen LogP contribution in [0.25, 0.3) is 0 Å². The second kappa shape index (κ2) is 9.74. The Hall–Kier alpha value is -2.60. The first-order valence-electron chi connectivity index (χ1n) is 9.95. The van der Waals surface area contributed by atoms with Gasteiger partial charge in [-0.15, -0.1) is 0 Å². The Morgan fingerprint density at radius 1 is 1.07 bits per heavy atom. The van der Waals surface area contributed by atoms with Crippen LogP contribution in [-0.4, -0.2) is 53.9 Å². The standard InChI is InChI=1S/C22H27ClN4O2/c1-16(2)15-19(25-21(28)17-6-8-18(23)9-7-17)22(29)27-13-11-26(12-14-27)20-5-3-4-10-24-20/h3-10,16,19H,11-15H2,1-2H3,(H,25,28). The van der Waals surface area contributed by atoms with Crippen LogP contribution in [0.3, 0.4) is 0 Å².